The molecule has 7 aromatic rings. The molecular weight excluding hydrogens is 560 g/mol. The minimum Gasteiger partial charge on any atom is -0.350 e. The van der Waals surface area contributed by atoms with E-state index in [-0.39, 0.29) is 12.3 Å². The lowest BCUT2D eigenvalue weighted by Gasteiger charge is -2.32. The molecule has 2 heterocycles. The maximum absolute atomic E-state index is 5.30. The zero-order valence-electron chi connectivity index (χ0n) is 25.9. The third-order valence-electron chi connectivity index (χ3n) is 8.93. The van der Waals surface area contributed by atoms with Gasteiger partial charge in [0.25, 0.3) is 0 Å². The fraction of sp³-hybridized carbons (Fsp3) is 0.0952. The Morgan fingerprint density at radius 1 is 0.522 bits per heavy atom. The molecule has 4 nitrogen and oxygen atoms in total. The fourth-order valence-corrected chi connectivity index (χ4v) is 6.69. The number of aryl methyl sites for hydroxylation is 2. The summed E-state index contributed by atoms with van der Waals surface area (Å²) in [6, 6.07) is 51.8. The van der Waals surface area contributed by atoms with E-state index >= 15 is 0 Å². The predicted octanol–water partition coefficient (Wildman–Crippen LogP) is 9.68. The average Bonchev–Trinajstić information content (AvgIpc) is 3.11. The minimum absolute atomic E-state index is 0.115. The van der Waals surface area contributed by atoms with E-state index in [0.717, 1.165) is 50.6 Å². The van der Waals surface area contributed by atoms with Crippen LogP contribution in [-0.2, 0) is 0 Å². The van der Waals surface area contributed by atoms with Crippen molar-refractivity contribution >= 4 is 27.4 Å². The van der Waals surface area contributed by atoms with E-state index in [1.165, 1.54) is 27.1 Å². The molecule has 2 N–H and O–H groups in total. The van der Waals surface area contributed by atoms with E-state index in [4.69, 9.17) is 9.98 Å². The first-order valence-corrected chi connectivity index (χ1v) is 15.8. The van der Waals surface area contributed by atoms with E-state index in [1.807, 2.05) is 13.0 Å². The molecule has 0 radical (unpaired) electrons. The largest absolute Gasteiger partial charge is 0.350 e. The molecule has 0 saturated heterocycles. The molecule has 0 fully saturated rings. The van der Waals surface area contributed by atoms with E-state index in [9.17, 15) is 0 Å². The molecule has 6 aromatic carbocycles. The van der Waals surface area contributed by atoms with Crippen LogP contribution in [0.3, 0.4) is 0 Å². The maximum atomic E-state index is 5.30. The number of aromatic nitrogens is 1. The number of fused-ring (bicyclic) bond motifs is 3. The summed E-state index contributed by atoms with van der Waals surface area (Å²) in [6.45, 7) is 4.14. The lowest BCUT2D eigenvalue weighted by Crippen LogP contribution is -2.44. The Morgan fingerprint density at radius 2 is 1.13 bits per heavy atom. The Balaban J connectivity index is 1.36. The Bertz CT molecular complexity index is 2240. The molecular formula is C42H34N4. The van der Waals surface area contributed by atoms with Gasteiger partial charge in [-0.05, 0) is 93.5 Å². The van der Waals surface area contributed by atoms with Crippen LogP contribution in [0.4, 0.5) is 0 Å². The van der Waals surface area contributed by atoms with Crippen molar-refractivity contribution in [2.24, 2.45) is 4.99 Å². The summed E-state index contributed by atoms with van der Waals surface area (Å²) in [5, 5.41) is 12.5. The van der Waals surface area contributed by atoms with Gasteiger partial charge >= 0.3 is 0 Å². The molecule has 1 aromatic heterocycles. The van der Waals surface area contributed by atoms with Gasteiger partial charge in [-0.25, -0.2) is 4.99 Å². The number of rotatable bonds is 5. The van der Waals surface area contributed by atoms with Crippen LogP contribution in [0, 0.1) is 13.8 Å². The van der Waals surface area contributed by atoms with Crippen LogP contribution in [-0.4, -0.2) is 10.8 Å². The van der Waals surface area contributed by atoms with Crippen LogP contribution in [0.25, 0.3) is 43.8 Å². The van der Waals surface area contributed by atoms with Crippen LogP contribution in [0.1, 0.15) is 40.4 Å². The molecule has 222 valence electrons. The molecule has 0 amide bonds. The normalized spacial score (nSPS) is 16.3. The van der Waals surface area contributed by atoms with Gasteiger partial charge in [0.05, 0.1) is 0 Å². The number of hydrogen-bond acceptors (Lipinski definition) is 4. The maximum Gasteiger partial charge on any atom is 0.131 e. The van der Waals surface area contributed by atoms with Crippen LogP contribution >= 0.6 is 0 Å². The molecule has 46 heavy (non-hydrogen) atoms. The smallest absolute Gasteiger partial charge is 0.131 e. The third kappa shape index (κ3) is 5.23. The summed E-state index contributed by atoms with van der Waals surface area (Å²) >= 11 is 0. The summed E-state index contributed by atoms with van der Waals surface area (Å²) in [7, 11) is 0. The molecule has 2 unspecified atom stereocenters. The quantitative estimate of drug-likeness (QED) is 0.195. The van der Waals surface area contributed by atoms with E-state index in [2.05, 4.69) is 157 Å². The Labute approximate surface area is 269 Å². The van der Waals surface area contributed by atoms with Crippen LogP contribution in [0.2, 0.25) is 0 Å². The number of nitrogens with zero attached hydrogens (tertiary/aromatic N) is 2. The molecule has 2 atom stereocenters. The van der Waals surface area contributed by atoms with Crippen LogP contribution < -0.4 is 10.6 Å². The summed E-state index contributed by atoms with van der Waals surface area (Å²) in [4.78, 5) is 10.1. The van der Waals surface area contributed by atoms with Crippen molar-refractivity contribution in [3.8, 4) is 22.3 Å². The molecule has 0 spiro atoms. The van der Waals surface area contributed by atoms with Gasteiger partial charge in [0.15, 0.2) is 0 Å². The van der Waals surface area contributed by atoms with Gasteiger partial charge in [-0.15, -0.1) is 0 Å². The van der Waals surface area contributed by atoms with Crippen molar-refractivity contribution in [1.82, 2.24) is 15.6 Å². The minimum atomic E-state index is -0.209. The summed E-state index contributed by atoms with van der Waals surface area (Å²) in [5.41, 5.74) is 9.92. The summed E-state index contributed by atoms with van der Waals surface area (Å²) in [6.07, 6.45) is -0.325. The fourth-order valence-electron chi connectivity index (χ4n) is 6.69. The highest BCUT2D eigenvalue weighted by Gasteiger charge is 2.26. The summed E-state index contributed by atoms with van der Waals surface area (Å²) < 4.78 is 0. The zero-order chi connectivity index (χ0) is 31.0. The molecule has 4 heteroatoms. The first-order chi connectivity index (χ1) is 22.6. The van der Waals surface area contributed by atoms with Gasteiger partial charge in [-0.2, -0.15) is 0 Å². The number of amidine groups is 1. The molecule has 0 saturated carbocycles. The first-order valence-electron chi connectivity index (χ1n) is 15.8. The lowest BCUT2D eigenvalue weighted by molar-refractivity contribution is 0.409. The summed E-state index contributed by atoms with van der Waals surface area (Å²) in [5.74, 6) is 0.854. The Kier molecular flexibility index (Phi) is 7.13. The monoisotopic (exact) mass is 594 g/mol. The van der Waals surface area contributed by atoms with Crippen molar-refractivity contribution in [2.45, 2.75) is 26.2 Å². The highest BCUT2D eigenvalue weighted by atomic mass is 15.3. The second-order valence-corrected chi connectivity index (χ2v) is 12.0. The molecule has 0 aliphatic carbocycles. The highest BCUT2D eigenvalue weighted by Crippen LogP contribution is 2.38. The van der Waals surface area contributed by atoms with Crippen molar-refractivity contribution in [2.75, 3.05) is 0 Å². The zero-order valence-corrected chi connectivity index (χ0v) is 25.9. The topological polar surface area (TPSA) is 49.3 Å². The second-order valence-electron chi connectivity index (χ2n) is 12.0. The Hall–Kier alpha value is -5.58. The van der Waals surface area contributed by atoms with Gasteiger partial charge in [0.1, 0.15) is 18.2 Å². The van der Waals surface area contributed by atoms with Crippen molar-refractivity contribution in [3.63, 3.8) is 0 Å². The number of nitrogens with one attached hydrogen (secondary N) is 2. The SMILES string of the molecule is Cc1ccc(-c2cc(C3=NC(c4ccccc4)NC(c4ccccc4)N3)cc(-c3cc4ccccc4c4ccccc34)c2)c(C)n1. The number of aliphatic imine (C=N–C) groups is 1. The van der Waals surface area contributed by atoms with Gasteiger partial charge in [0, 0.05) is 22.5 Å². The van der Waals surface area contributed by atoms with E-state index < -0.39 is 0 Å². The molecule has 0 bridgehead atoms. The second kappa shape index (κ2) is 11.7. The molecule has 8 rings (SSSR count). The van der Waals surface area contributed by atoms with E-state index in [1.54, 1.807) is 0 Å². The Morgan fingerprint density at radius 3 is 1.87 bits per heavy atom. The van der Waals surface area contributed by atoms with Crippen molar-refractivity contribution < 1.29 is 0 Å². The van der Waals surface area contributed by atoms with Crippen molar-refractivity contribution in [3.05, 3.63) is 174 Å². The third-order valence-corrected chi connectivity index (χ3v) is 8.93. The van der Waals surface area contributed by atoms with Crippen molar-refractivity contribution in [1.29, 1.82) is 0 Å². The van der Waals surface area contributed by atoms with Crippen LogP contribution in [0.5, 0.6) is 0 Å². The lowest BCUT2D eigenvalue weighted by atomic mass is 9.90. The highest BCUT2D eigenvalue weighted by molar-refractivity contribution is 6.14. The van der Waals surface area contributed by atoms with Gasteiger partial charge in [-0.3, -0.25) is 10.3 Å². The van der Waals surface area contributed by atoms with E-state index in [0.29, 0.717) is 0 Å². The van der Waals surface area contributed by atoms with Gasteiger partial charge in [-0.1, -0.05) is 115 Å². The first kappa shape index (κ1) is 27.9. The number of pyridine rings is 1. The van der Waals surface area contributed by atoms with Gasteiger partial charge < -0.3 is 5.32 Å². The standard InChI is InChI=1S/C42H34N4/c1-27-21-22-35(28(2)43-27)32-23-33(39-26-31-17-9-10-18-36(31)37-19-11-12-20-38(37)39)25-34(24-32)42-45-40(29-13-5-3-6-14-29)44-41(46-42)30-15-7-4-8-16-30/h3-26,40-41,44H,1-2H3,(H,45,46). The number of benzene rings is 6. The molecule has 1 aliphatic rings. The van der Waals surface area contributed by atoms with Gasteiger partial charge in [0.2, 0.25) is 0 Å². The predicted molar refractivity (Wildman–Crippen MR) is 191 cm³/mol. The molecule has 1 aliphatic heterocycles. The number of hydrogen-bond donors (Lipinski definition) is 2. The average molecular weight is 595 g/mol. The van der Waals surface area contributed by atoms with Crippen LogP contribution in [0.15, 0.2) is 151 Å².